The van der Waals surface area contributed by atoms with Crippen molar-refractivity contribution < 1.29 is 44.2 Å². The Labute approximate surface area is 376 Å². The Bertz CT molecular complexity index is 1350. The van der Waals surface area contributed by atoms with Crippen LogP contribution in [0.4, 0.5) is 0 Å². The minimum Gasteiger partial charge on any atom is -0.457 e. The maximum absolute atomic E-state index is 12.8. The van der Waals surface area contributed by atoms with E-state index in [9.17, 15) is 25.2 Å². The molecule has 0 aromatic rings. The lowest BCUT2D eigenvalue weighted by molar-refractivity contribution is -0.305. The molecule has 1 aliphatic heterocycles. The second-order valence-corrected chi connectivity index (χ2v) is 15.4. The van der Waals surface area contributed by atoms with Crippen LogP contribution < -0.4 is 0 Å². The van der Waals surface area contributed by atoms with Crippen LogP contribution in [-0.2, 0) is 23.7 Å². The van der Waals surface area contributed by atoms with Crippen LogP contribution in [0.1, 0.15) is 142 Å². The van der Waals surface area contributed by atoms with Crippen molar-refractivity contribution in [2.24, 2.45) is 0 Å². The molecule has 9 nitrogen and oxygen atoms in total. The minimum absolute atomic E-state index is 0.0769. The molecule has 9 heteroatoms. The van der Waals surface area contributed by atoms with Crippen LogP contribution in [0.25, 0.3) is 0 Å². The summed E-state index contributed by atoms with van der Waals surface area (Å²) in [4.78, 5) is 12.8. The van der Waals surface area contributed by atoms with Crippen molar-refractivity contribution in [2.75, 3.05) is 26.4 Å². The molecule has 0 radical (unpaired) electrons. The summed E-state index contributed by atoms with van der Waals surface area (Å²) >= 11 is 0. The van der Waals surface area contributed by atoms with Gasteiger partial charge in [-0.3, -0.25) is 4.79 Å². The number of allylic oxidation sites excluding steroid dienone is 19. The largest absolute Gasteiger partial charge is 0.457 e. The molecule has 0 saturated carbocycles. The lowest BCUT2D eigenvalue weighted by Gasteiger charge is -2.39. The first-order chi connectivity index (χ1) is 30.4. The highest BCUT2D eigenvalue weighted by atomic mass is 16.7. The third-order valence-corrected chi connectivity index (χ3v) is 9.89. The molecule has 1 heterocycles. The molecule has 4 N–H and O–H groups in total. The van der Waals surface area contributed by atoms with Crippen molar-refractivity contribution in [2.45, 2.75) is 179 Å². The summed E-state index contributed by atoms with van der Waals surface area (Å²) in [7, 11) is 0. The number of aliphatic hydroxyl groups is 4. The Hall–Kier alpha value is -3.41. The molecule has 0 aliphatic carbocycles. The molecule has 0 spiro atoms. The van der Waals surface area contributed by atoms with Crippen molar-refractivity contribution in [1.29, 1.82) is 0 Å². The maximum Gasteiger partial charge on any atom is 0.306 e. The summed E-state index contributed by atoms with van der Waals surface area (Å²) in [5, 5.41) is 40.2. The molecular formula is C53H84O9. The van der Waals surface area contributed by atoms with Crippen LogP contribution in [0.5, 0.6) is 0 Å². The first-order valence-corrected chi connectivity index (χ1v) is 23.6. The van der Waals surface area contributed by atoms with Gasteiger partial charge in [0.15, 0.2) is 6.29 Å². The number of aliphatic hydroxyl groups excluding tert-OH is 4. The zero-order chi connectivity index (χ0) is 45.0. The lowest BCUT2D eigenvalue weighted by Crippen LogP contribution is -2.59. The van der Waals surface area contributed by atoms with Crippen molar-refractivity contribution in [3.63, 3.8) is 0 Å². The van der Waals surface area contributed by atoms with Crippen molar-refractivity contribution in [3.05, 3.63) is 122 Å². The Balaban J connectivity index is 2.30. The molecule has 0 bridgehead atoms. The van der Waals surface area contributed by atoms with Crippen LogP contribution in [0.2, 0.25) is 0 Å². The third kappa shape index (κ3) is 33.2. The van der Waals surface area contributed by atoms with E-state index in [0.717, 1.165) is 96.3 Å². The first-order valence-electron chi connectivity index (χ1n) is 23.6. The summed E-state index contributed by atoms with van der Waals surface area (Å²) < 4.78 is 22.7. The number of ether oxygens (including phenoxy) is 4. The van der Waals surface area contributed by atoms with Crippen LogP contribution in [0, 0.1) is 0 Å². The number of hydrogen-bond donors (Lipinski definition) is 4. The molecule has 1 rings (SSSR count). The van der Waals surface area contributed by atoms with E-state index in [0.29, 0.717) is 13.0 Å². The summed E-state index contributed by atoms with van der Waals surface area (Å²) in [6.45, 7) is 4.06. The monoisotopic (exact) mass is 865 g/mol. The van der Waals surface area contributed by atoms with Gasteiger partial charge in [0, 0.05) is 6.42 Å². The van der Waals surface area contributed by atoms with Gasteiger partial charge in [-0.2, -0.15) is 0 Å². The smallest absolute Gasteiger partial charge is 0.306 e. The molecule has 0 aromatic carbocycles. The Morgan fingerprint density at radius 2 is 0.935 bits per heavy atom. The highest BCUT2D eigenvalue weighted by Crippen LogP contribution is 2.22. The summed E-state index contributed by atoms with van der Waals surface area (Å²) in [6.07, 6.45) is 55.3. The topological polar surface area (TPSA) is 135 Å². The number of hydrogen-bond acceptors (Lipinski definition) is 9. The van der Waals surface area contributed by atoms with E-state index in [1.165, 1.54) is 19.3 Å². The molecule has 350 valence electrons. The highest BCUT2D eigenvalue weighted by Gasteiger charge is 2.44. The average Bonchev–Trinajstić information content (AvgIpc) is 3.27. The van der Waals surface area contributed by atoms with Gasteiger partial charge in [0.2, 0.25) is 0 Å². The highest BCUT2D eigenvalue weighted by molar-refractivity contribution is 5.69. The molecule has 0 aromatic heterocycles. The zero-order valence-corrected chi connectivity index (χ0v) is 38.3. The van der Waals surface area contributed by atoms with Crippen LogP contribution >= 0.6 is 0 Å². The fourth-order valence-corrected chi connectivity index (χ4v) is 6.29. The normalized spacial score (nSPS) is 20.9. The van der Waals surface area contributed by atoms with Crippen LogP contribution in [-0.4, -0.2) is 89.6 Å². The van der Waals surface area contributed by atoms with Gasteiger partial charge in [-0.05, 0) is 89.9 Å². The second kappa shape index (κ2) is 42.9. The van der Waals surface area contributed by atoms with Gasteiger partial charge in [0.1, 0.15) is 30.5 Å². The van der Waals surface area contributed by atoms with E-state index in [1.807, 2.05) is 0 Å². The summed E-state index contributed by atoms with van der Waals surface area (Å²) in [5.41, 5.74) is 0. The molecule has 0 amide bonds. The van der Waals surface area contributed by atoms with Crippen LogP contribution in [0.15, 0.2) is 122 Å². The van der Waals surface area contributed by atoms with Gasteiger partial charge < -0.3 is 39.4 Å². The fourth-order valence-electron chi connectivity index (χ4n) is 6.29. The first kappa shape index (κ1) is 56.6. The van der Waals surface area contributed by atoms with Gasteiger partial charge in [-0.25, -0.2) is 0 Å². The predicted octanol–water partition coefficient (Wildman–Crippen LogP) is 11.1. The molecule has 1 fully saturated rings. The lowest BCUT2D eigenvalue weighted by atomic mass is 9.99. The van der Waals surface area contributed by atoms with Gasteiger partial charge in [-0.15, -0.1) is 0 Å². The zero-order valence-electron chi connectivity index (χ0n) is 38.3. The van der Waals surface area contributed by atoms with E-state index in [2.05, 4.69) is 135 Å². The average molecular weight is 865 g/mol. The van der Waals surface area contributed by atoms with Gasteiger partial charge in [-0.1, -0.05) is 167 Å². The number of rotatable bonds is 38. The van der Waals surface area contributed by atoms with Crippen molar-refractivity contribution >= 4 is 5.97 Å². The SMILES string of the molecule is CC/C=C\C/C=C\C/C=C\C/C=C\C/C=C\CCCCCCCCCC(=O)OC(COCC/C=C\C/C=C\C/C=C\C/C=C\C/C=C\CC)COC1OC(CO)C(O)C(O)C1O. The standard InChI is InChI=1S/C53H84O9/c1-3-5-7-9-11-13-15-17-19-21-22-23-24-25-26-27-28-30-32-34-36-38-40-42-49(55)61-47(46-60-53-52(58)51(57)50(56)48(44-54)62-53)45-59-43-41-39-37-35-33-31-29-20-18-16-14-12-10-8-6-4-2/h5-8,11-14,17-20,22-23,25-26,31,33,37,39,47-48,50-54,56-58H,3-4,9-10,15-16,21,24,27-30,32,34-36,38,40-46H2,1-2H3/b7-5-,8-6-,13-11-,14-12-,19-17-,20-18-,23-22-,26-25-,33-31-,39-37-. The van der Waals surface area contributed by atoms with Crippen molar-refractivity contribution in [3.8, 4) is 0 Å². The van der Waals surface area contributed by atoms with Crippen molar-refractivity contribution in [1.82, 2.24) is 0 Å². The van der Waals surface area contributed by atoms with Gasteiger partial charge >= 0.3 is 5.97 Å². The molecule has 1 saturated heterocycles. The van der Waals surface area contributed by atoms with E-state index < -0.39 is 43.4 Å². The van der Waals surface area contributed by atoms with E-state index in [1.54, 1.807) is 0 Å². The van der Waals surface area contributed by atoms with E-state index in [-0.39, 0.29) is 25.6 Å². The number of carbonyl (C=O) groups is 1. The number of carbonyl (C=O) groups excluding carboxylic acids is 1. The Morgan fingerprint density at radius 3 is 1.40 bits per heavy atom. The minimum atomic E-state index is -1.56. The number of unbranched alkanes of at least 4 members (excludes halogenated alkanes) is 7. The molecule has 62 heavy (non-hydrogen) atoms. The van der Waals surface area contributed by atoms with E-state index in [4.69, 9.17) is 18.9 Å². The molecule has 6 unspecified atom stereocenters. The van der Waals surface area contributed by atoms with Crippen LogP contribution in [0.3, 0.4) is 0 Å². The predicted molar refractivity (Wildman–Crippen MR) is 256 cm³/mol. The second-order valence-electron chi connectivity index (χ2n) is 15.4. The summed E-state index contributed by atoms with van der Waals surface area (Å²) in [6, 6.07) is 0. The number of esters is 1. The quantitative estimate of drug-likeness (QED) is 0.0272. The van der Waals surface area contributed by atoms with E-state index >= 15 is 0 Å². The Morgan fingerprint density at radius 1 is 0.516 bits per heavy atom. The molecule has 1 aliphatic rings. The van der Waals surface area contributed by atoms with Gasteiger partial charge in [0.25, 0.3) is 0 Å². The van der Waals surface area contributed by atoms with Gasteiger partial charge in [0.05, 0.1) is 26.4 Å². The maximum atomic E-state index is 12.8. The summed E-state index contributed by atoms with van der Waals surface area (Å²) in [5.74, 6) is -0.356. The molecular weight excluding hydrogens is 781 g/mol. The Kier molecular flexibility index (Phi) is 39.1. The third-order valence-electron chi connectivity index (χ3n) is 9.89. The fraction of sp³-hybridized carbons (Fsp3) is 0.604. The molecule has 6 atom stereocenters.